The van der Waals surface area contributed by atoms with Gasteiger partial charge in [0.25, 0.3) is 0 Å². The Morgan fingerprint density at radius 2 is 1.97 bits per heavy atom. The van der Waals surface area contributed by atoms with Gasteiger partial charge >= 0.3 is 0 Å². The van der Waals surface area contributed by atoms with Gasteiger partial charge in [0.05, 0.1) is 0 Å². The highest BCUT2D eigenvalue weighted by atomic mass is 16.2. The summed E-state index contributed by atoms with van der Waals surface area (Å²) in [5.74, 6) is 2.22. The molecule has 6 nitrogen and oxygen atoms in total. The number of rotatable bonds is 7. The second-order valence-electron chi connectivity index (χ2n) is 11.0. The van der Waals surface area contributed by atoms with Crippen molar-refractivity contribution in [2.75, 3.05) is 18.0 Å². The number of amidine groups is 1. The summed E-state index contributed by atoms with van der Waals surface area (Å²) in [6.45, 7) is 10.9. The van der Waals surface area contributed by atoms with Crippen LogP contribution in [0, 0.1) is 11.8 Å². The van der Waals surface area contributed by atoms with E-state index in [4.69, 9.17) is 0 Å². The number of para-hydroxylation sites is 1. The number of hydrogen-bond donors (Lipinski definition) is 1. The van der Waals surface area contributed by atoms with Gasteiger partial charge < -0.3 is 9.80 Å². The van der Waals surface area contributed by atoms with Gasteiger partial charge in [0.2, 0.25) is 5.91 Å². The van der Waals surface area contributed by atoms with E-state index in [-0.39, 0.29) is 11.5 Å². The van der Waals surface area contributed by atoms with Crippen LogP contribution in [0.4, 0.5) is 5.69 Å². The van der Waals surface area contributed by atoms with Gasteiger partial charge in [-0.15, -0.1) is 0 Å². The van der Waals surface area contributed by atoms with E-state index in [2.05, 4.69) is 65.1 Å². The summed E-state index contributed by atoms with van der Waals surface area (Å²) in [4.78, 5) is 20.4. The van der Waals surface area contributed by atoms with E-state index < -0.39 is 0 Å². The van der Waals surface area contributed by atoms with Crippen molar-refractivity contribution in [2.24, 2.45) is 16.9 Å². The average Bonchev–Trinajstić information content (AvgIpc) is 3.52. The minimum atomic E-state index is 0.197. The van der Waals surface area contributed by atoms with Gasteiger partial charge in [-0.05, 0) is 70.4 Å². The Morgan fingerprint density at radius 3 is 2.62 bits per heavy atom. The van der Waals surface area contributed by atoms with Crippen molar-refractivity contribution in [1.82, 2.24) is 15.2 Å². The van der Waals surface area contributed by atoms with E-state index in [9.17, 15) is 4.79 Å². The maximum absolute atomic E-state index is 13.1. The van der Waals surface area contributed by atoms with Gasteiger partial charge in [0.15, 0.2) is 0 Å². The summed E-state index contributed by atoms with van der Waals surface area (Å²) in [7, 11) is 0. The Bertz CT molecular complexity index is 866. The molecule has 1 N–H and O–H groups in total. The Labute approximate surface area is 193 Å². The molecule has 1 saturated carbocycles. The van der Waals surface area contributed by atoms with Crippen LogP contribution in [0.1, 0.15) is 66.2 Å². The number of nitrogens with one attached hydrogen (secondary N) is 1. The molecule has 4 atom stereocenters. The molecule has 3 fully saturated rings. The number of carbonyl (C=O) groups is 1. The molecule has 1 aromatic rings. The molecule has 1 aromatic carbocycles. The Morgan fingerprint density at radius 1 is 1.22 bits per heavy atom. The van der Waals surface area contributed by atoms with E-state index >= 15 is 0 Å². The summed E-state index contributed by atoms with van der Waals surface area (Å²) in [5.41, 5.74) is 4.62. The van der Waals surface area contributed by atoms with Gasteiger partial charge in [-0.3, -0.25) is 15.1 Å². The first-order chi connectivity index (χ1) is 15.4. The van der Waals surface area contributed by atoms with Crippen molar-refractivity contribution >= 4 is 17.4 Å². The molecule has 0 radical (unpaired) electrons. The van der Waals surface area contributed by atoms with Crippen LogP contribution in [0.5, 0.6) is 0 Å². The maximum atomic E-state index is 13.1. The predicted molar refractivity (Wildman–Crippen MR) is 129 cm³/mol. The summed E-state index contributed by atoms with van der Waals surface area (Å²) < 4.78 is 0. The number of hydrazone groups is 1. The monoisotopic (exact) mass is 437 g/mol. The average molecular weight is 438 g/mol. The molecule has 4 aliphatic rings. The molecule has 3 heterocycles. The van der Waals surface area contributed by atoms with Crippen LogP contribution in [0.15, 0.2) is 35.4 Å². The van der Waals surface area contributed by atoms with Crippen molar-refractivity contribution in [2.45, 2.75) is 90.0 Å². The van der Waals surface area contributed by atoms with Crippen LogP contribution < -0.4 is 10.3 Å². The molecule has 1 unspecified atom stereocenters. The Kier molecular flexibility index (Phi) is 5.68. The van der Waals surface area contributed by atoms with Crippen molar-refractivity contribution in [3.63, 3.8) is 0 Å². The fraction of sp³-hybridized carbons (Fsp3) is 0.692. The normalized spacial score (nSPS) is 32.2. The number of fused-ring (bicyclic) bond motifs is 2. The highest BCUT2D eigenvalue weighted by molar-refractivity contribution is 5.96. The lowest BCUT2D eigenvalue weighted by Crippen LogP contribution is -2.60. The fourth-order valence-electron chi connectivity index (χ4n) is 6.43. The second kappa shape index (κ2) is 8.36. The number of carbonyl (C=O) groups excluding carboxylic acids is 1. The van der Waals surface area contributed by atoms with Gasteiger partial charge in [0, 0.05) is 42.3 Å². The van der Waals surface area contributed by atoms with Crippen molar-refractivity contribution < 1.29 is 4.79 Å². The van der Waals surface area contributed by atoms with Crippen molar-refractivity contribution in [3.05, 3.63) is 30.3 Å². The van der Waals surface area contributed by atoms with Gasteiger partial charge in [-0.2, -0.15) is 5.10 Å². The fourth-order valence-corrected chi connectivity index (χ4v) is 6.43. The van der Waals surface area contributed by atoms with E-state index in [0.717, 1.165) is 37.5 Å². The smallest absolute Gasteiger partial charge is 0.230 e. The van der Waals surface area contributed by atoms with Crippen molar-refractivity contribution in [3.8, 4) is 0 Å². The highest BCUT2D eigenvalue weighted by Crippen LogP contribution is 2.46. The molecule has 0 aromatic heterocycles. The zero-order chi connectivity index (χ0) is 22.5. The molecule has 1 aliphatic carbocycles. The number of piperidine rings is 1. The lowest BCUT2D eigenvalue weighted by molar-refractivity contribution is -0.119. The molecular formula is C26H39N5O. The van der Waals surface area contributed by atoms with E-state index in [1.54, 1.807) is 0 Å². The van der Waals surface area contributed by atoms with E-state index in [1.165, 1.54) is 25.7 Å². The molecule has 5 rings (SSSR count). The first-order valence-electron chi connectivity index (χ1n) is 12.6. The molecule has 6 heteroatoms. The second-order valence-corrected chi connectivity index (χ2v) is 11.0. The largest absolute Gasteiger partial charge is 0.334 e. The number of anilines is 1. The van der Waals surface area contributed by atoms with Crippen LogP contribution in [0.25, 0.3) is 0 Å². The van der Waals surface area contributed by atoms with E-state index in [0.29, 0.717) is 30.1 Å². The summed E-state index contributed by atoms with van der Waals surface area (Å²) in [6.07, 6.45) is 7.28. The van der Waals surface area contributed by atoms with Gasteiger partial charge in [-0.1, -0.05) is 32.0 Å². The number of nitrogens with zero attached hydrogens (tertiary/aromatic N) is 4. The minimum absolute atomic E-state index is 0.197. The molecule has 1 amide bonds. The van der Waals surface area contributed by atoms with Crippen LogP contribution in [0.3, 0.4) is 0 Å². The molecule has 32 heavy (non-hydrogen) atoms. The molecule has 2 bridgehead atoms. The number of amides is 1. The molecular weight excluding hydrogens is 398 g/mol. The molecule has 3 aliphatic heterocycles. The first-order valence-corrected chi connectivity index (χ1v) is 12.6. The summed E-state index contributed by atoms with van der Waals surface area (Å²) in [6, 6.07) is 11.4. The minimum Gasteiger partial charge on any atom is -0.334 e. The molecule has 2 saturated heterocycles. The topological polar surface area (TPSA) is 51.2 Å². The molecule has 0 spiro atoms. The number of hydrogen-bond acceptors (Lipinski definition) is 5. The van der Waals surface area contributed by atoms with Crippen molar-refractivity contribution in [1.29, 1.82) is 0 Å². The lowest BCUT2D eigenvalue weighted by atomic mass is 9.85. The van der Waals surface area contributed by atoms with E-state index in [1.807, 2.05) is 18.2 Å². The third-order valence-corrected chi connectivity index (χ3v) is 8.25. The third kappa shape index (κ3) is 3.91. The van der Waals surface area contributed by atoms with Crippen LogP contribution in [0.2, 0.25) is 0 Å². The molecule has 174 valence electrons. The third-order valence-electron chi connectivity index (χ3n) is 8.25. The highest BCUT2D eigenvalue weighted by Gasteiger charge is 2.51. The quantitative estimate of drug-likeness (QED) is 0.700. The maximum Gasteiger partial charge on any atom is 0.230 e. The van der Waals surface area contributed by atoms with Crippen LogP contribution >= 0.6 is 0 Å². The summed E-state index contributed by atoms with van der Waals surface area (Å²) >= 11 is 0. The number of benzene rings is 1. The predicted octanol–water partition coefficient (Wildman–Crippen LogP) is 4.04. The lowest BCUT2D eigenvalue weighted by Gasteiger charge is -2.50. The zero-order valence-electron chi connectivity index (χ0n) is 20.1. The van der Waals surface area contributed by atoms with Crippen LogP contribution in [-0.4, -0.2) is 58.4 Å². The van der Waals surface area contributed by atoms with Gasteiger partial charge in [0.1, 0.15) is 12.0 Å². The SMILES string of the molecule is CC1=NNC(C(C)C)N1[C@H]1C[C@@H]2CC[C@](C)(C1)N2CCN(C(=O)C1CC1)c1ccccc1. The Balaban J connectivity index is 1.29. The van der Waals surface area contributed by atoms with Crippen LogP contribution in [-0.2, 0) is 4.79 Å². The standard InChI is InChI=1S/C26H39N5O/c1-18(2)24-28-27-19(3)31(24)23-16-22-12-13-26(4,17-23)30(22)15-14-29(25(32)20-10-11-20)21-8-6-5-7-9-21/h5-9,18,20,22-24,28H,10-17H2,1-4H3/t22-,23-,24?,26+/m0/s1. The first kappa shape index (κ1) is 21.7. The zero-order valence-corrected chi connectivity index (χ0v) is 20.1. The Hall–Kier alpha value is -2.08. The van der Waals surface area contributed by atoms with Gasteiger partial charge in [-0.25, -0.2) is 0 Å². The summed E-state index contributed by atoms with van der Waals surface area (Å²) in [5, 5.41) is 4.58.